The maximum absolute atomic E-state index is 3.88. The van der Waals surface area contributed by atoms with Crippen molar-refractivity contribution in [3.05, 3.63) is 0 Å². The Bertz CT molecular complexity index is 78.1. The van der Waals surface area contributed by atoms with Gasteiger partial charge in [0.15, 0.2) is 0 Å². The first kappa shape index (κ1) is 4.62. The van der Waals surface area contributed by atoms with Crippen molar-refractivity contribution in [2.75, 3.05) is 0 Å². The van der Waals surface area contributed by atoms with Crippen LogP contribution < -0.4 is 5.43 Å². The topological polar surface area (TPSA) is 24.4 Å². The Morgan fingerprint density at radius 2 is 2.71 bits per heavy atom. The molecule has 0 fully saturated rings. The van der Waals surface area contributed by atoms with Crippen molar-refractivity contribution in [2.24, 2.45) is 5.10 Å². The van der Waals surface area contributed by atoms with Crippen LogP contribution in [0.2, 0.25) is 0 Å². The van der Waals surface area contributed by atoms with E-state index in [1.807, 2.05) is 6.21 Å². The molecule has 0 spiro atoms. The Hall–Kier alpha value is -0.530. The molecule has 1 rings (SSSR count). The Kier molecular flexibility index (Phi) is 1.29. The number of hydrazone groups is 1. The fourth-order valence-corrected chi connectivity index (χ4v) is 0.634. The standard InChI is InChI=1S/C5H10N2/c1-5-3-2-4-6-7-5/h4-5,7H,2-3H2,1H3/t5-/m0/s1. The average molecular weight is 98.1 g/mol. The Balaban J connectivity index is 2.32. The Morgan fingerprint density at radius 3 is 3.00 bits per heavy atom. The first-order valence-corrected chi connectivity index (χ1v) is 2.66. The maximum Gasteiger partial charge on any atom is 0.0415 e. The summed E-state index contributed by atoms with van der Waals surface area (Å²) in [6, 6.07) is 0.588. The van der Waals surface area contributed by atoms with Crippen molar-refractivity contribution in [2.45, 2.75) is 25.8 Å². The predicted molar refractivity (Wildman–Crippen MR) is 30.3 cm³/mol. The third-order valence-electron chi connectivity index (χ3n) is 1.11. The van der Waals surface area contributed by atoms with E-state index in [1.165, 1.54) is 6.42 Å². The van der Waals surface area contributed by atoms with Gasteiger partial charge >= 0.3 is 0 Å². The zero-order valence-electron chi connectivity index (χ0n) is 4.52. The van der Waals surface area contributed by atoms with Crippen molar-refractivity contribution in [3.8, 4) is 0 Å². The van der Waals surface area contributed by atoms with Gasteiger partial charge in [-0.25, -0.2) is 0 Å². The number of hydrogen-bond acceptors (Lipinski definition) is 2. The van der Waals surface area contributed by atoms with E-state index in [0.29, 0.717) is 6.04 Å². The third kappa shape index (κ3) is 1.18. The molecule has 0 aromatic rings. The van der Waals surface area contributed by atoms with E-state index < -0.39 is 0 Å². The molecular weight excluding hydrogens is 88.1 g/mol. The van der Waals surface area contributed by atoms with Crippen molar-refractivity contribution in [1.29, 1.82) is 0 Å². The van der Waals surface area contributed by atoms with Crippen LogP contribution in [0, 0.1) is 0 Å². The lowest BCUT2D eigenvalue weighted by Crippen LogP contribution is -2.23. The summed E-state index contributed by atoms with van der Waals surface area (Å²) in [6.45, 7) is 2.14. The molecule has 0 aromatic carbocycles. The number of hydrogen-bond donors (Lipinski definition) is 1. The molecule has 1 heterocycles. The molecule has 0 unspecified atom stereocenters. The van der Waals surface area contributed by atoms with Gasteiger partial charge in [-0.1, -0.05) is 0 Å². The van der Waals surface area contributed by atoms with Gasteiger partial charge in [0.05, 0.1) is 0 Å². The van der Waals surface area contributed by atoms with Gasteiger partial charge in [0.2, 0.25) is 0 Å². The van der Waals surface area contributed by atoms with E-state index >= 15 is 0 Å². The monoisotopic (exact) mass is 98.1 g/mol. The highest BCUT2D eigenvalue weighted by Crippen LogP contribution is 1.97. The van der Waals surface area contributed by atoms with Crippen LogP contribution >= 0.6 is 0 Å². The first-order chi connectivity index (χ1) is 3.39. The summed E-state index contributed by atoms with van der Waals surface area (Å²) in [6.07, 6.45) is 4.28. The molecule has 0 aliphatic carbocycles. The van der Waals surface area contributed by atoms with Crippen LogP contribution in [0.25, 0.3) is 0 Å². The molecule has 0 saturated heterocycles. The van der Waals surface area contributed by atoms with E-state index in [9.17, 15) is 0 Å². The maximum atomic E-state index is 3.88. The fraction of sp³-hybridized carbons (Fsp3) is 0.800. The normalized spacial score (nSPS) is 29.6. The minimum atomic E-state index is 0.588. The second-order valence-electron chi connectivity index (χ2n) is 1.92. The first-order valence-electron chi connectivity index (χ1n) is 2.66. The van der Waals surface area contributed by atoms with E-state index in [1.54, 1.807) is 0 Å². The van der Waals surface area contributed by atoms with E-state index in [4.69, 9.17) is 0 Å². The van der Waals surface area contributed by atoms with Crippen molar-refractivity contribution in [1.82, 2.24) is 5.43 Å². The van der Waals surface area contributed by atoms with Crippen LogP contribution in [-0.4, -0.2) is 12.3 Å². The SMILES string of the molecule is C[C@H]1CCC=NN1. The van der Waals surface area contributed by atoms with Gasteiger partial charge < -0.3 is 5.43 Å². The van der Waals surface area contributed by atoms with Gasteiger partial charge in [0.1, 0.15) is 0 Å². The lowest BCUT2D eigenvalue weighted by molar-refractivity contribution is 0.525. The van der Waals surface area contributed by atoms with Crippen molar-refractivity contribution >= 4 is 6.21 Å². The summed E-state index contributed by atoms with van der Waals surface area (Å²) in [5.74, 6) is 0. The van der Waals surface area contributed by atoms with Gasteiger partial charge in [-0.3, -0.25) is 0 Å². The van der Waals surface area contributed by atoms with Gasteiger partial charge in [-0.2, -0.15) is 5.10 Å². The van der Waals surface area contributed by atoms with Gasteiger partial charge in [-0.15, -0.1) is 0 Å². The van der Waals surface area contributed by atoms with Crippen LogP contribution in [0.15, 0.2) is 5.10 Å². The second kappa shape index (κ2) is 1.96. The minimum Gasteiger partial charge on any atom is -0.308 e. The highest BCUT2D eigenvalue weighted by Gasteiger charge is 1.99. The smallest absolute Gasteiger partial charge is 0.0415 e. The predicted octanol–water partition coefficient (Wildman–Crippen LogP) is 0.744. The lowest BCUT2D eigenvalue weighted by atomic mass is 10.2. The zero-order chi connectivity index (χ0) is 5.11. The molecule has 0 aromatic heterocycles. The molecule has 2 nitrogen and oxygen atoms in total. The van der Waals surface area contributed by atoms with Gasteiger partial charge in [-0.05, 0) is 19.8 Å². The van der Waals surface area contributed by atoms with E-state index in [0.717, 1.165) is 6.42 Å². The number of nitrogens with one attached hydrogen (secondary N) is 1. The molecule has 7 heavy (non-hydrogen) atoms. The summed E-state index contributed by atoms with van der Waals surface area (Å²) in [5.41, 5.74) is 2.95. The highest BCUT2D eigenvalue weighted by molar-refractivity contribution is 5.57. The van der Waals surface area contributed by atoms with Crippen LogP contribution in [0.5, 0.6) is 0 Å². The summed E-state index contributed by atoms with van der Waals surface area (Å²) in [5, 5.41) is 3.88. The Labute approximate surface area is 43.6 Å². The third-order valence-corrected chi connectivity index (χ3v) is 1.11. The summed E-state index contributed by atoms with van der Waals surface area (Å²) in [7, 11) is 0. The number of rotatable bonds is 0. The zero-order valence-corrected chi connectivity index (χ0v) is 4.52. The molecule has 1 atom stereocenters. The van der Waals surface area contributed by atoms with Crippen LogP contribution in [0.3, 0.4) is 0 Å². The molecule has 0 saturated carbocycles. The molecule has 0 bridgehead atoms. The Morgan fingerprint density at radius 1 is 1.86 bits per heavy atom. The van der Waals surface area contributed by atoms with E-state index in [-0.39, 0.29) is 0 Å². The van der Waals surface area contributed by atoms with Crippen LogP contribution in [-0.2, 0) is 0 Å². The molecule has 0 amide bonds. The molecular formula is C5H10N2. The molecule has 1 aliphatic heterocycles. The molecule has 0 radical (unpaired) electrons. The average Bonchev–Trinajstić information content (AvgIpc) is 1.69. The van der Waals surface area contributed by atoms with Crippen LogP contribution in [0.1, 0.15) is 19.8 Å². The van der Waals surface area contributed by atoms with E-state index in [2.05, 4.69) is 17.5 Å². The van der Waals surface area contributed by atoms with Crippen LogP contribution in [0.4, 0.5) is 0 Å². The number of nitrogens with zero attached hydrogens (tertiary/aromatic N) is 1. The second-order valence-corrected chi connectivity index (χ2v) is 1.92. The molecule has 1 aliphatic rings. The summed E-state index contributed by atoms with van der Waals surface area (Å²) < 4.78 is 0. The quantitative estimate of drug-likeness (QED) is 0.475. The van der Waals surface area contributed by atoms with Gasteiger partial charge in [0.25, 0.3) is 0 Å². The van der Waals surface area contributed by atoms with Crippen molar-refractivity contribution < 1.29 is 0 Å². The highest BCUT2D eigenvalue weighted by atomic mass is 15.3. The molecule has 1 N–H and O–H groups in total. The summed E-state index contributed by atoms with van der Waals surface area (Å²) in [4.78, 5) is 0. The molecule has 2 heteroatoms. The minimum absolute atomic E-state index is 0.588. The lowest BCUT2D eigenvalue weighted by Gasteiger charge is -2.12. The van der Waals surface area contributed by atoms with Crippen molar-refractivity contribution in [3.63, 3.8) is 0 Å². The van der Waals surface area contributed by atoms with Gasteiger partial charge in [0, 0.05) is 12.3 Å². The summed E-state index contributed by atoms with van der Waals surface area (Å²) >= 11 is 0. The largest absolute Gasteiger partial charge is 0.308 e. The molecule has 40 valence electrons. The fourth-order valence-electron chi connectivity index (χ4n) is 0.634.